The maximum absolute atomic E-state index is 11.5. The second-order valence-corrected chi connectivity index (χ2v) is 10.5. The molecule has 3 aromatic carbocycles. The van der Waals surface area contributed by atoms with Crippen LogP contribution in [-0.2, 0) is 24.4 Å². The quantitative estimate of drug-likeness (QED) is 0.293. The number of aromatic carboxylic acids is 1. The number of carbonyl (C=O) groups is 1. The van der Waals surface area contributed by atoms with E-state index >= 15 is 0 Å². The van der Waals surface area contributed by atoms with Crippen LogP contribution in [0.4, 0.5) is 0 Å². The van der Waals surface area contributed by atoms with Crippen LogP contribution in [0.15, 0.2) is 60.7 Å². The number of carboxylic acids is 1. The maximum Gasteiger partial charge on any atom is 0.335 e. The third-order valence-corrected chi connectivity index (χ3v) is 7.44. The smallest absolute Gasteiger partial charge is 0.335 e. The minimum Gasteiger partial charge on any atom is -0.488 e. The van der Waals surface area contributed by atoms with E-state index in [1.54, 1.807) is 36.4 Å². The number of hydrogen-bond donors (Lipinski definition) is 1. The molecule has 2 saturated heterocycles. The van der Waals surface area contributed by atoms with E-state index in [1.165, 1.54) is 0 Å². The zero-order chi connectivity index (χ0) is 27.6. The number of fused-ring (bicyclic) bond motifs is 1. The van der Waals surface area contributed by atoms with Gasteiger partial charge >= 0.3 is 5.97 Å². The van der Waals surface area contributed by atoms with Gasteiger partial charge in [0.1, 0.15) is 36.1 Å². The fourth-order valence-electron chi connectivity index (χ4n) is 4.97. The molecule has 0 saturated carbocycles. The predicted octanol–water partition coefficient (Wildman–Crippen LogP) is 4.89. The molecule has 2 aliphatic rings. The highest BCUT2D eigenvalue weighted by Gasteiger charge is 2.31. The first-order chi connectivity index (χ1) is 19.4. The summed E-state index contributed by atoms with van der Waals surface area (Å²) in [5.41, 5.74) is 3.18. The third-order valence-electron chi connectivity index (χ3n) is 7.20. The first-order valence-corrected chi connectivity index (χ1v) is 13.5. The van der Waals surface area contributed by atoms with E-state index in [1.807, 2.05) is 24.3 Å². The number of hydrogen-bond acceptors (Lipinski definition) is 7. The minimum atomic E-state index is -0.952. The number of halogens is 1. The zero-order valence-corrected chi connectivity index (χ0v) is 22.4. The number of aromatic nitrogens is 2. The van der Waals surface area contributed by atoms with Crippen molar-refractivity contribution in [3.8, 4) is 17.6 Å². The lowest BCUT2D eigenvalue weighted by atomic mass is 10.1. The van der Waals surface area contributed by atoms with Gasteiger partial charge in [-0.15, -0.1) is 0 Å². The molecule has 0 unspecified atom stereocenters. The molecule has 0 bridgehead atoms. The number of benzene rings is 3. The molecule has 4 aromatic rings. The normalized spacial score (nSPS) is 17.1. The van der Waals surface area contributed by atoms with Crippen molar-refractivity contribution < 1.29 is 24.1 Å². The van der Waals surface area contributed by atoms with E-state index in [0.29, 0.717) is 36.0 Å². The van der Waals surface area contributed by atoms with Gasteiger partial charge in [0.25, 0.3) is 0 Å². The maximum atomic E-state index is 11.5. The molecule has 0 spiro atoms. The molecule has 3 heterocycles. The van der Waals surface area contributed by atoms with E-state index in [2.05, 4.69) is 15.5 Å². The van der Waals surface area contributed by atoms with Gasteiger partial charge in [-0.05, 0) is 60.5 Å². The average molecular weight is 559 g/mol. The summed E-state index contributed by atoms with van der Waals surface area (Å²) >= 11 is 5.97. The Balaban J connectivity index is 1.07. The van der Waals surface area contributed by atoms with Crippen LogP contribution in [0.5, 0.6) is 11.5 Å². The molecule has 2 fully saturated rings. The number of carboxylic acid groups (broad SMARTS) is 1. The van der Waals surface area contributed by atoms with Gasteiger partial charge in [0.2, 0.25) is 0 Å². The summed E-state index contributed by atoms with van der Waals surface area (Å²) in [6, 6.07) is 19.9. The number of likely N-dealkylation sites (tertiary alicyclic amines) is 1. The van der Waals surface area contributed by atoms with E-state index in [4.69, 9.17) is 30.8 Å². The van der Waals surface area contributed by atoms with E-state index in [-0.39, 0.29) is 17.8 Å². The molecule has 0 amide bonds. The van der Waals surface area contributed by atoms with Gasteiger partial charge in [0.15, 0.2) is 0 Å². The summed E-state index contributed by atoms with van der Waals surface area (Å²) in [6.07, 6.45) is 1.16. The van der Waals surface area contributed by atoms with Crippen LogP contribution in [0.25, 0.3) is 11.0 Å². The van der Waals surface area contributed by atoms with Gasteiger partial charge in [0.05, 0.1) is 41.4 Å². The number of rotatable bonds is 10. The summed E-state index contributed by atoms with van der Waals surface area (Å²) < 4.78 is 19.8. The Labute approximate surface area is 236 Å². The Kier molecular flexibility index (Phi) is 7.30. The molecular formula is C30H27ClN4O5. The first kappa shape index (κ1) is 26.1. The lowest BCUT2D eigenvalue weighted by Gasteiger charge is -2.39. The first-order valence-electron chi connectivity index (χ1n) is 13.1. The van der Waals surface area contributed by atoms with Crippen molar-refractivity contribution in [2.75, 3.05) is 19.7 Å². The van der Waals surface area contributed by atoms with Crippen LogP contribution in [0.3, 0.4) is 0 Å². The van der Waals surface area contributed by atoms with Crippen LogP contribution < -0.4 is 9.47 Å². The highest BCUT2D eigenvalue weighted by molar-refractivity contribution is 6.30. The van der Waals surface area contributed by atoms with Gasteiger partial charge in [-0.1, -0.05) is 23.7 Å². The summed E-state index contributed by atoms with van der Waals surface area (Å²) in [5, 5.41) is 19.3. The standard InChI is InChI=1S/C30H27ClN4O5/c31-22-5-7-28(21(11-22)13-32)39-18-19-2-1-3-23(10-19)40-25-14-34(15-25)17-29-33-26-6-4-20(30(36)37)12-27(26)35(29)16-24-8-9-38-24/h1-7,10-12,24-25H,8-9,14-18H2,(H,36,37)/t24-/m0/s1. The van der Waals surface area contributed by atoms with E-state index in [0.717, 1.165) is 54.3 Å². The van der Waals surface area contributed by atoms with Gasteiger partial charge in [-0.25, -0.2) is 9.78 Å². The second kappa shape index (κ2) is 11.2. The molecule has 9 nitrogen and oxygen atoms in total. The Morgan fingerprint density at radius 1 is 1.18 bits per heavy atom. The lowest BCUT2D eigenvalue weighted by Crippen LogP contribution is -2.53. The summed E-state index contributed by atoms with van der Waals surface area (Å²) in [6.45, 7) is 3.85. The molecular weight excluding hydrogens is 532 g/mol. The summed E-state index contributed by atoms with van der Waals surface area (Å²) in [7, 11) is 0. The topological polar surface area (TPSA) is 110 Å². The second-order valence-electron chi connectivity index (χ2n) is 10.1. The molecule has 1 aromatic heterocycles. The average Bonchev–Trinajstić information content (AvgIpc) is 3.24. The van der Waals surface area contributed by atoms with Crippen molar-refractivity contribution in [3.05, 3.63) is 88.2 Å². The Morgan fingerprint density at radius 2 is 2.02 bits per heavy atom. The van der Waals surface area contributed by atoms with Gasteiger partial charge < -0.3 is 23.9 Å². The molecule has 40 heavy (non-hydrogen) atoms. The molecule has 204 valence electrons. The van der Waals surface area contributed by atoms with Gasteiger partial charge in [-0.2, -0.15) is 5.26 Å². The van der Waals surface area contributed by atoms with Crippen LogP contribution in [-0.4, -0.2) is 57.4 Å². The third kappa shape index (κ3) is 5.61. The van der Waals surface area contributed by atoms with Crippen LogP contribution >= 0.6 is 11.6 Å². The number of imidazole rings is 1. The van der Waals surface area contributed by atoms with Crippen molar-refractivity contribution >= 4 is 28.6 Å². The highest BCUT2D eigenvalue weighted by atomic mass is 35.5. The van der Waals surface area contributed by atoms with Gasteiger partial charge in [0, 0.05) is 24.7 Å². The molecule has 2 aliphatic heterocycles. The molecule has 1 N–H and O–H groups in total. The van der Waals surface area contributed by atoms with Crippen LogP contribution in [0, 0.1) is 11.3 Å². The van der Waals surface area contributed by atoms with Crippen LogP contribution in [0.1, 0.15) is 33.7 Å². The Hall–Kier alpha value is -4.10. The Morgan fingerprint density at radius 3 is 2.77 bits per heavy atom. The van der Waals surface area contributed by atoms with Crippen molar-refractivity contribution in [1.82, 2.24) is 14.5 Å². The predicted molar refractivity (Wildman–Crippen MR) is 148 cm³/mol. The number of nitrogens with zero attached hydrogens (tertiary/aromatic N) is 4. The largest absolute Gasteiger partial charge is 0.488 e. The minimum absolute atomic E-state index is 0.0454. The fraction of sp³-hybridized carbons (Fsp3) is 0.300. The van der Waals surface area contributed by atoms with Crippen molar-refractivity contribution in [3.63, 3.8) is 0 Å². The molecule has 0 radical (unpaired) electrons. The summed E-state index contributed by atoms with van der Waals surface area (Å²) in [5.74, 6) is 1.19. The van der Waals surface area contributed by atoms with Crippen LogP contribution in [0.2, 0.25) is 5.02 Å². The zero-order valence-electron chi connectivity index (χ0n) is 21.6. The summed E-state index contributed by atoms with van der Waals surface area (Å²) in [4.78, 5) is 18.6. The van der Waals surface area contributed by atoms with E-state index in [9.17, 15) is 15.2 Å². The highest BCUT2D eigenvalue weighted by Crippen LogP contribution is 2.27. The van der Waals surface area contributed by atoms with E-state index < -0.39 is 5.97 Å². The SMILES string of the molecule is N#Cc1cc(Cl)ccc1OCc1cccc(OC2CN(Cc3nc4ccc(C(=O)O)cc4n3C[C@@H]3CCO3)C2)c1. The lowest BCUT2D eigenvalue weighted by molar-refractivity contribution is -0.0596. The van der Waals surface area contributed by atoms with Gasteiger partial charge in [-0.3, -0.25) is 4.90 Å². The monoisotopic (exact) mass is 558 g/mol. The fourth-order valence-corrected chi connectivity index (χ4v) is 5.14. The van der Waals surface area contributed by atoms with Crippen molar-refractivity contribution in [2.45, 2.75) is 38.3 Å². The number of nitriles is 1. The number of ether oxygens (including phenoxy) is 3. The van der Waals surface area contributed by atoms with Crippen molar-refractivity contribution in [2.24, 2.45) is 0 Å². The van der Waals surface area contributed by atoms with Crippen molar-refractivity contribution in [1.29, 1.82) is 5.26 Å². The molecule has 10 heteroatoms. The molecule has 6 rings (SSSR count). The molecule has 0 aliphatic carbocycles. The molecule has 1 atom stereocenters. The Bertz CT molecular complexity index is 1600.